The number of benzene rings is 1. The summed E-state index contributed by atoms with van der Waals surface area (Å²) in [6.45, 7) is 1.40. The van der Waals surface area contributed by atoms with Gasteiger partial charge in [0, 0.05) is 17.4 Å². The lowest BCUT2D eigenvalue weighted by Gasteiger charge is -2.53. The van der Waals surface area contributed by atoms with E-state index in [1.54, 1.807) is 0 Å². The first-order valence-electron chi connectivity index (χ1n) is 9.97. The molecule has 0 aromatic heterocycles. The molecule has 1 aromatic carbocycles. The number of aliphatic hydroxyl groups excluding tert-OH is 2. The molecule has 0 bridgehead atoms. The van der Waals surface area contributed by atoms with Crippen molar-refractivity contribution in [2.45, 2.75) is 30.6 Å². The standard InChI is InChI=1S/C22H24N2O8/c1-21(31)8-5-4-6-11(25)12(8)16(26)13-9(21)7-10-15(24(2)3)17(27)14(20(23)30)19(29)22(10,32)18(13)28/h4-6,9-10,15,25-26,29,31-32H,7H2,1-3H3,(H2,23,30)/t9-,10-,15-,21-,22-/m1/s1. The molecule has 10 nitrogen and oxygen atoms in total. The number of likely N-dealkylation sites (N-methyl/N-ethyl adjacent to an activating group) is 1. The van der Waals surface area contributed by atoms with Crippen LogP contribution in [-0.4, -0.2) is 73.6 Å². The maximum Gasteiger partial charge on any atom is 0.255 e. The number of phenols is 1. The molecule has 0 saturated heterocycles. The number of aliphatic hydroxyl groups is 4. The number of fused-ring (bicyclic) bond motifs is 3. The highest BCUT2D eigenvalue weighted by molar-refractivity contribution is 6.24. The highest BCUT2D eigenvalue weighted by Gasteiger charge is 2.66. The van der Waals surface area contributed by atoms with Crippen LogP contribution < -0.4 is 5.73 Å². The number of hydrogen-bond donors (Lipinski definition) is 6. The van der Waals surface area contributed by atoms with E-state index >= 15 is 0 Å². The van der Waals surface area contributed by atoms with Crippen LogP contribution in [0.4, 0.5) is 0 Å². The molecule has 0 heterocycles. The Morgan fingerprint density at radius 3 is 2.34 bits per heavy atom. The molecule has 0 aliphatic heterocycles. The van der Waals surface area contributed by atoms with Crippen molar-refractivity contribution in [1.29, 1.82) is 0 Å². The van der Waals surface area contributed by atoms with Crippen molar-refractivity contribution in [2.24, 2.45) is 17.6 Å². The summed E-state index contributed by atoms with van der Waals surface area (Å²) in [5.41, 5.74) is -0.548. The van der Waals surface area contributed by atoms with Gasteiger partial charge in [0.2, 0.25) is 5.78 Å². The van der Waals surface area contributed by atoms with Crippen molar-refractivity contribution < 1.29 is 39.9 Å². The van der Waals surface area contributed by atoms with E-state index in [9.17, 15) is 39.9 Å². The second-order valence-electron chi connectivity index (χ2n) is 8.96. The lowest BCUT2D eigenvalue weighted by atomic mass is 9.54. The van der Waals surface area contributed by atoms with Crippen LogP contribution in [0.1, 0.15) is 24.5 Å². The van der Waals surface area contributed by atoms with Gasteiger partial charge in [0.05, 0.1) is 17.2 Å². The minimum absolute atomic E-state index is 0.170. The number of rotatable bonds is 2. The van der Waals surface area contributed by atoms with E-state index in [4.69, 9.17) is 5.73 Å². The maximum absolute atomic E-state index is 13.7. The van der Waals surface area contributed by atoms with E-state index in [1.807, 2.05) is 0 Å². The van der Waals surface area contributed by atoms with Gasteiger partial charge in [-0.1, -0.05) is 12.1 Å². The summed E-state index contributed by atoms with van der Waals surface area (Å²) in [4.78, 5) is 40.0. The Hall–Kier alpha value is -3.21. The number of Topliss-reactive ketones (excluding diaryl/α,β-unsaturated/α-hetero) is 2. The highest BCUT2D eigenvalue weighted by atomic mass is 16.3. The Balaban J connectivity index is 2.05. The first-order valence-corrected chi connectivity index (χ1v) is 9.97. The lowest BCUT2D eigenvalue weighted by Crippen LogP contribution is -2.67. The van der Waals surface area contributed by atoms with Crippen molar-refractivity contribution in [3.8, 4) is 5.75 Å². The predicted octanol–water partition coefficient (Wildman–Crippen LogP) is -0.371. The number of hydrogen-bond acceptors (Lipinski definition) is 9. The van der Waals surface area contributed by atoms with Crippen LogP contribution in [0.5, 0.6) is 5.75 Å². The molecule has 1 fully saturated rings. The maximum atomic E-state index is 13.7. The first kappa shape index (κ1) is 22.0. The van der Waals surface area contributed by atoms with Gasteiger partial charge in [0.25, 0.3) is 5.91 Å². The van der Waals surface area contributed by atoms with Gasteiger partial charge in [0.15, 0.2) is 11.4 Å². The summed E-state index contributed by atoms with van der Waals surface area (Å²) in [7, 11) is 3.01. The largest absolute Gasteiger partial charge is 0.508 e. The van der Waals surface area contributed by atoms with E-state index in [0.29, 0.717) is 0 Å². The average molecular weight is 444 g/mol. The molecule has 3 aliphatic rings. The van der Waals surface area contributed by atoms with Crippen LogP contribution in [0.3, 0.4) is 0 Å². The molecule has 0 spiro atoms. The number of phenolic OH excluding ortho intramolecular Hbond substituents is 1. The number of nitrogens with zero attached hydrogens (tertiary/aromatic N) is 1. The van der Waals surface area contributed by atoms with Crippen molar-refractivity contribution in [3.63, 3.8) is 0 Å². The Kier molecular flexibility index (Phi) is 4.57. The number of nitrogens with two attached hydrogens (primary N) is 1. The summed E-state index contributed by atoms with van der Waals surface area (Å²) >= 11 is 0. The zero-order valence-corrected chi connectivity index (χ0v) is 17.7. The van der Waals surface area contributed by atoms with Crippen molar-refractivity contribution in [1.82, 2.24) is 4.90 Å². The van der Waals surface area contributed by atoms with E-state index in [2.05, 4.69) is 0 Å². The molecular weight excluding hydrogens is 420 g/mol. The summed E-state index contributed by atoms with van der Waals surface area (Å²) < 4.78 is 0. The third kappa shape index (κ3) is 2.48. The molecule has 32 heavy (non-hydrogen) atoms. The van der Waals surface area contributed by atoms with E-state index in [-0.39, 0.29) is 17.5 Å². The predicted molar refractivity (Wildman–Crippen MR) is 110 cm³/mol. The zero-order chi connectivity index (χ0) is 23.9. The fourth-order valence-corrected chi connectivity index (χ4v) is 5.50. The van der Waals surface area contributed by atoms with Gasteiger partial charge in [-0.25, -0.2) is 0 Å². The van der Waals surface area contributed by atoms with E-state index < -0.39 is 75.0 Å². The Morgan fingerprint density at radius 2 is 1.78 bits per heavy atom. The van der Waals surface area contributed by atoms with E-state index in [1.165, 1.54) is 44.1 Å². The number of aromatic hydroxyl groups is 1. The lowest BCUT2D eigenvalue weighted by molar-refractivity contribution is -0.159. The van der Waals surface area contributed by atoms with Crippen molar-refractivity contribution >= 4 is 23.2 Å². The molecule has 0 radical (unpaired) electrons. The molecule has 1 aromatic rings. The van der Waals surface area contributed by atoms with Crippen LogP contribution in [0.15, 0.2) is 35.1 Å². The van der Waals surface area contributed by atoms with Gasteiger partial charge in [-0.15, -0.1) is 0 Å². The normalized spacial score (nSPS) is 34.4. The minimum atomic E-state index is -2.75. The summed E-state index contributed by atoms with van der Waals surface area (Å²) in [6, 6.07) is 3.02. The first-order chi connectivity index (χ1) is 14.8. The molecule has 0 unspecified atom stereocenters. The Morgan fingerprint density at radius 1 is 1.16 bits per heavy atom. The number of amides is 1. The Bertz CT molecular complexity index is 1150. The number of primary amides is 1. The third-order valence-corrected chi connectivity index (χ3v) is 7.02. The molecule has 3 aliphatic carbocycles. The number of carbonyl (C=O) groups is 3. The highest BCUT2D eigenvalue weighted by Crippen LogP contribution is 2.57. The van der Waals surface area contributed by atoms with Gasteiger partial charge in [-0.3, -0.25) is 19.3 Å². The summed E-state index contributed by atoms with van der Waals surface area (Å²) in [6.07, 6.45) is -0.200. The molecule has 1 saturated carbocycles. The number of carbonyl (C=O) groups excluding carboxylic acids is 3. The monoisotopic (exact) mass is 444 g/mol. The van der Waals surface area contributed by atoms with Crippen molar-refractivity contribution in [2.75, 3.05) is 14.1 Å². The third-order valence-electron chi connectivity index (χ3n) is 7.02. The van der Waals surface area contributed by atoms with Gasteiger partial charge in [-0.05, 0) is 39.1 Å². The van der Waals surface area contributed by atoms with Crippen molar-refractivity contribution in [3.05, 3.63) is 46.2 Å². The van der Waals surface area contributed by atoms with E-state index in [0.717, 1.165) is 0 Å². The Labute approximate surface area is 182 Å². The second kappa shape index (κ2) is 6.64. The fourth-order valence-electron chi connectivity index (χ4n) is 5.50. The molecule has 7 N–H and O–H groups in total. The van der Waals surface area contributed by atoms with Crippen LogP contribution in [0, 0.1) is 11.8 Å². The van der Waals surface area contributed by atoms with Gasteiger partial charge >= 0.3 is 0 Å². The molecular formula is C22H24N2O8. The minimum Gasteiger partial charge on any atom is -0.508 e. The quantitative estimate of drug-likeness (QED) is 0.332. The topological polar surface area (TPSA) is 182 Å². The smallest absolute Gasteiger partial charge is 0.255 e. The molecule has 5 atom stereocenters. The van der Waals surface area contributed by atoms with Gasteiger partial charge in [0.1, 0.15) is 22.8 Å². The number of ketones is 2. The van der Waals surface area contributed by atoms with Crippen LogP contribution >= 0.6 is 0 Å². The molecule has 10 heteroatoms. The van der Waals surface area contributed by atoms with Crippen LogP contribution in [0.2, 0.25) is 0 Å². The fraction of sp³-hybridized carbons (Fsp3) is 0.409. The van der Waals surface area contributed by atoms with Crippen LogP contribution in [0.25, 0.3) is 5.76 Å². The SMILES string of the molecule is CN(C)[C@H]1C(=O)C(C(N)=O)=C(O)[C@]2(O)C(=O)C3=C(O)c4c(O)cccc4[C@@](C)(O)[C@@H]3C[C@H]12. The molecule has 1 amide bonds. The molecule has 4 rings (SSSR count). The van der Waals surface area contributed by atoms with Gasteiger partial charge < -0.3 is 31.3 Å². The molecule has 170 valence electrons. The van der Waals surface area contributed by atoms with Crippen LogP contribution in [-0.2, 0) is 20.0 Å². The summed E-state index contributed by atoms with van der Waals surface area (Å²) in [5.74, 6) is -7.90. The summed E-state index contributed by atoms with van der Waals surface area (Å²) in [5, 5.41) is 54.9. The second-order valence-corrected chi connectivity index (χ2v) is 8.96. The zero-order valence-electron chi connectivity index (χ0n) is 17.7. The average Bonchev–Trinajstić information content (AvgIpc) is 2.68. The van der Waals surface area contributed by atoms with Gasteiger partial charge in [-0.2, -0.15) is 0 Å².